The summed E-state index contributed by atoms with van der Waals surface area (Å²) in [6, 6.07) is 14.2. The summed E-state index contributed by atoms with van der Waals surface area (Å²) in [7, 11) is 0. The average molecular weight is 880 g/mol. The van der Waals surface area contributed by atoms with Gasteiger partial charge in [-0.2, -0.15) is 0 Å². The lowest BCUT2D eigenvalue weighted by Gasteiger charge is -2.59. The highest BCUT2D eigenvalue weighted by Gasteiger charge is 2.65. The van der Waals surface area contributed by atoms with E-state index in [0.29, 0.717) is 43.2 Å². The molecule has 3 aliphatic rings. The monoisotopic (exact) mass is 879 g/mol. The molecule has 4 N–H and O–H groups in total. The molecule has 6 atom stereocenters. The van der Waals surface area contributed by atoms with Crippen LogP contribution in [0.25, 0.3) is 0 Å². The summed E-state index contributed by atoms with van der Waals surface area (Å²) in [6.07, 6.45) is 7.08. The van der Waals surface area contributed by atoms with E-state index in [4.69, 9.17) is 38.4 Å². The number of allylic oxidation sites excluding steroid dienone is 1. The number of hydrogen-bond acceptors (Lipinski definition) is 13. The molecule has 348 valence electrons. The van der Waals surface area contributed by atoms with E-state index < -0.39 is 35.5 Å². The van der Waals surface area contributed by atoms with Gasteiger partial charge in [-0.1, -0.05) is 60.5 Å². The minimum absolute atomic E-state index is 0.00253. The van der Waals surface area contributed by atoms with Crippen molar-refractivity contribution in [3.63, 3.8) is 0 Å². The number of ether oxygens (including phenoxy) is 6. The fourth-order valence-electron chi connectivity index (χ4n) is 8.93. The van der Waals surface area contributed by atoms with Crippen LogP contribution < -0.4 is 14.8 Å². The standard InChI is InChI=1S/C48H69N3O12/c1-6-25-60-48-42(51(21-26-57-27-24-54)46(56)59-29-28-58-33-34-15-9-8-10-16-34)32-40(50-63-47(3,4)5)38-30-35(17-11-13-22-52)37(18-12-14-23-53)43(44(38)48)39-31-36(19-20-41(39)62-48)61-45(55)49-7-2/h6,8-10,15-16,19-20,30-31,35,37,42-44,52-54H,1,7,11-14,17-18,21-29,32-33H2,2-5H3,(H,49,55)/t35-,37+,42-,43+,44+,48+/m0/s1. The maximum Gasteiger partial charge on any atom is 0.412 e. The number of oxime groups is 1. The van der Waals surface area contributed by atoms with E-state index in [9.17, 15) is 24.9 Å². The highest BCUT2D eigenvalue weighted by molar-refractivity contribution is 6.03. The van der Waals surface area contributed by atoms with Crippen molar-refractivity contribution in [2.75, 3.05) is 65.9 Å². The molecule has 1 fully saturated rings. The Kier molecular flexibility index (Phi) is 19.3. The van der Waals surface area contributed by atoms with Gasteiger partial charge in [0.15, 0.2) is 0 Å². The molecule has 0 unspecified atom stereocenters. The van der Waals surface area contributed by atoms with Crippen molar-refractivity contribution in [3.05, 3.63) is 84.0 Å². The second kappa shape index (κ2) is 24.5. The maximum absolute atomic E-state index is 14.6. The van der Waals surface area contributed by atoms with Gasteiger partial charge in [-0.05, 0) is 94.5 Å². The predicted octanol–water partition coefficient (Wildman–Crippen LogP) is 6.89. The molecule has 0 saturated heterocycles. The van der Waals surface area contributed by atoms with Crippen LogP contribution in [0.2, 0.25) is 0 Å². The van der Waals surface area contributed by atoms with Crippen LogP contribution in [-0.4, -0.2) is 121 Å². The fourth-order valence-corrected chi connectivity index (χ4v) is 8.93. The van der Waals surface area contributed by atoms with Crippen LogP contribution in [0, 0.1) is 17.8 Å². The number of carbonyl (C=O) groups excluding carboxylic acids is 2. The van der Waals surface area contributed by atoms with E-state index >= 15 is 0 Å². The lowest BCUT2D eigenvalue weighted by molar-refractivity contribution is -0.256. The van der Waals surface area contributed by atoms with Gasteiger partial charge >= 0.3 is 12.2 Å². The Labute approximate surface area is 372 Å². The van der Waals surface area contributed by atoms with Crippen molar-refractivity contribution in [2.45, 2.75) is 103 Å². The Morgan fingerprint density at radius 1 is 0.968 bits per heavy atom. The van der Waals surface area contributed by atoms with Crippen LogP contribution in [0.5, 0.6) is 11.5 Å². The molecule has 2 aromatic carbocycles. The van der Waals surface area contributed by atoms with Gasteiger partial charge in [0.05, 0.1) is 51.3 Å². The lowest BCUT2D eigenvalue weighted by atomic mass is 9.55. The summed E-state index contributed by atoms with van der Waals surface area (Å²) in [6.45, 7) is 12.6. The first kappa shape index (κ1) is 49.5. The van der Waals surface area contributed by atoms with Crippen LogP contribution in [0.4, 0.5) is 9.59 Å². The Bertz CT molecular complexity index is 1820. The first-order valence-electron chi connectivity index (χ1n) is 22.5. The molecule has 15 nitrogen and oxygen atoms in total. The van der Waals surface area contributed by atoms with Gasteiger partial charge in [-0.15, -0.1) is 6.58 Å². The summed E-state index contributed by atoms with van der Waals surface area (Å²) in [4.78, 5) is 35.1. The first-order chi connectivity index (χ1) is 30.5. The van der Waals surface area contributed by atoms with E-state index in [-0.39, 0.29) is 83.6 Å². The zero-order valence-electron chi connectivity index (χ0n) is 37.5. The Balaban J connectivity index is 1.69. The number of carbonyl (C=O) groups is 2. The van der Waals surface area contributed by atoms with E-state index in [0.717, 1.165) is 42.4 Å². The third-order valence-electron chi connectivity index (χ3n) is 11.5. The number of nitrogens with zero attached hydrogens (tertiary/aromatic N) is 2. The number of hydrogen-bond donors (Lipinski definition) is 4. The molecule has 0 aromatic heterocycles. The van der Waals surface area contributed by atoms with Crippen molar-refractivity contribution in [1.29, 1.82) is 0 Å². The molecule has 1 aliphatic heterocycles. The zero-order valence-corrected chi connectivity index (χ0v) is 37.5. The van der Waals surface area contributed by atoms with Crippen LogP contribution in [0.15, 0.2) is 78.0 Å². The van der Waals surface area contributed by atoms with Crippen molar-refractivity contribution in [3.8, 4) is 11.5 Å². The van der Waals surface area contributed by atoms with Gasteiger partial charge in [-0.3, -0.25) is 4.90 Å². The molecule has 63 heavy (non-hydrogen) atoms. The normalized spacial score (nSPS) is 23.1. The van der Waals surface area contributed by atoms with Gasteiger partial charge < -0.3 is 53.9 Å². The van der Waals surface area contributed by atoms with Gasteiger partial charge in [-0.25, -0.2) is 9.59 Å². The number of rotatable bonds is 25. The molecule has 2 aromatic rings. The third-order valence-corrected chi connectivity index (χ3v) is 11.5. The van der Waals surface area contributed by atoms with Gasteiger partial charge in [0.25, 0.3) is 0 Å². The number of aliphatic hydroxyl groups excluding tert-OH is 3. The Morgan fingerprint density at radius 3 is 2.43 bits per heavy atom. The van der Waals surface area contributed by atoms with E-state index in [2.05, 4.69) is 18.0 Å². The average Bonchev–Trinajstić information content (AvgIpc) is 3.26. The fraction of sp³-hybridized carbons (Fsp3) is 0.604. The second-order valence-corrected chi connectivity index (χ2v) is 17.1. The Morgan fingerprint density at radius 2 is 1.73 bits per heavy atom. The third kappa shape index (κ3) is 13.3. The van der Waals surface area contributed by atoms with Crippen molar-refractivity contribution < 1.29 is 58.2 Å². The van der Waals surface area contributed by atoms with Crippen LogP contribution >= 0.6 is 0 Å². The quantitative estimate of drug-likeness (QED) is 0.0461. The molecule has 15 heteroatoms. The maximum atomic E-state index is 14.6. The smallest absolute Gasteiger partial charge is 0.412 e. The summed E-state index contributed by atoms with van der Waals surface area (Å²) < 4.78 is 37.6. The number of benzene rings is 2. The minimum atomic E-state index is -1.55. The molecule has 2 amide bonds. The topological polar surface area (TPSA) is 187 Å². The van der Waals surface area contributed by atoms with Crippen molar-refractivity contribution in [2.24, 2.45) is 22.9 Å². The van der Waals surface area contributed by atoms with Crippen LogP contribution in [0.3, 0.4) is 0 Å². The number of amides is 2. The van der Waals surface area contributed by atoms with Gasteiger partial charge in [0.1, 0.15) is 29.7 Å². The summed E-state index contributed by atoms with van der Waals surface area (Å²) in [5.41, 5.74) is 2.62. The lowest BCUT2D eigenvalue weighted by Crippen LogP contribution is -2.70. The number of nitrogens with one attached hydrogen (secondary N) is 1. The molecule has 2 aliphatic carbocycles. The highest BCUT2D eigenvalue weighted by atomic mass is 16.7. The molecular weight excluding hydrogens is 811 g/mol. The van der Waals surface area contributed by atoms with Gasteiger partial charge in [0, 0.05) is 44.2 Å². The second-order valence-electron chi connectivity index (χ2n) is 17.1. The van der Waals surface area contributed by atoms with Crippen molar-refractivity contribution in [1.82, 2.24) is 10.2 Å². The Hall–Kier alpha value is -4.51. The first-order valence-corrected chi connectivity index (χ1v) is 22.5. The van der Waals surface area contributed by atoms with Crippen LogP contribution in [0.1, 0.15) is 89.7 Å². The summed E-state index contributed by atoms with van der Waals surface area (Å²) >= 11 is 0. The van der Waals surface area contributed by atoms with E-state index in [1.54, 1.807) is 23.1 Å². The SMILES string of the molecule is C=CCO[C@@]12Oc3ccc(OC(=O)NCC)cc3[C@H]3[C@H](CCCCO)[C@@H](CCCCO)C=C(C(=NOC(C)(C)C)C[C@@H]1N(CCOCCO)C(=O)OCCOCc1ccccc1)[C@H]32. The molecule has 0 bridgehead atoms. The molecule has 0 spiro atoms. The zero-order chi connectivity index (χ0) is 45.2. The molecule has 0 radical (unpaired) electrons. The minimum Gasteiger partial charge on any atom is -0.459 e. The van der Waals surface area contributed by atoms with E-state index in [1.807, 2.05) is 64.1 Å². The summed E-state index contributed by atoms with van der Waals surface area (Å²) in [5.74, 6) is -1.69. The predicted molar refractivity (Wildman–Crippen MR) is 238 cm³/mol. The molecular formula is C48H69N3O12. The molecule has 1 heterocycles. The van der Waals surface area contributed by atoms with Gasteiger partial charge in [0.2, 0.25) is 5.79 Å². The van der Waals surface area contributed by atoms with Crippen molar-refractivity contribution >= 4 is 17.9 Å². The number of fused-ring (bicyclic) bond motifs is 2. The van der Waals surface area contributed by atoms with Crippen LogP contribution in [-0.2, 0) is 30.4 Å². The number of aliphatic hydroxyl groups is 3. The van der Waals surface area contributed by atoms with E-state index in [1.165, 1.54) is 0 Å². The highest BCUT2D eigenvalue weighted by Crippen LogP contribution is 2.62. The number of unbranched alkanes of at least 4 members (excludes halogenated alkanes) is 2. The largest absolute Gasteiger partial charge is 0.459 e. The molecule has 1 saturated carbocycles. The molecule has 5 rings (SSSR count). The summed E-state index contributed by atoms with van der Waals surface area (Å²) in [5, 5.41) is 36.9.